The zero-order chi connectivity index (χ0) is 21.1. The number of nitrogens with one attached hydrogen (secondary N) is 3. The highest BCUT2D eigenvalue weighted by molar-refractivity contribution is 5.93. The summed E-state index contributed by atoms with van der Waals surface area (Å²) in [5, 5.41) is 5.78. The van der Waals surface area contributed by atoms with Gasteiger partial charge in [0.25, 0.3) is 11.5 Å². The van der Waals surface area contributed by atoms with Crippen LogP contribution < -0.4 is 16.4 Å². The van der Waals surface area contributed by atoms with Crippen molar-refractivity contribution in [2.75, 3.05) is 20.1 Å². The second-order valence-electron chi connectivity index (χ2n) is 7.50. The number of hydrogen-bond acceptors (Lipinski definition) is 5. The lowest BCUT2D eigenvalue weighted by Crippen LogP contribution is -2.31. The Kier molecular flexibility index (Phi) is 5.62. The fourth-order valence-corrected chi connectivity index (χ4v) is 3.81. The molecule has 1 amide bonds. The molecule has 0 spiro atoms. The van der Waals surface area contributed by atoms with Gasteiger partial charge in [-0.3, -0.25) is 19.5 Å². The van der Waals surface area contributed by atoms with E-state index in [-0.39, 0.29) is 17.0 Å². The van der Waals surface area contributed by atoms with Gasteiger partial charge in [-0.2, -0.15) is 0 Å². The summed E-state index contributed by atoms with van der Waals surface area (Å²) in [7, 11) is 2.12. The van der Waals surface area contributed by atoms with Gasteiger partial charge in [0.15, 0.2) is 5.82 Å². The lowest BCUT2D eigenvalue weighted by atomic mass is 10.1. The number of H-pyrrole nitrogens is 2. The van der Waals surface area contributed by atoms with E-state index >= 15 is 0 Å². The maximum absolute atomic E-state index is 12.7. The molecule has 9 heteroatoms. The molecule has 1 aliphatic rings. The van der Waals surface area contributed by atoms with Gasteiger partial charge < -0.3 is 15.2 Å². The minimum atomic E-state index is -0.328. The summed E-state index contributed by atoms with van der Waals surface area (Å²) >= 11 is 0. The molecule has 1 atom stereocenters. The van der Waals surface area contributed by atoms with Gasteiger partial charge in [0.2, 0.25) is 5.56 Å². The van der Waals surface area contributed by atoms with Crippen LogP contribution >= 0.6 is 0 Å². The highest BCUT2D eigenvalue weighted by atomic mass is 16.2. The van der Waals surface area contributed by atoms with Crippen molar-refractivity contribution >= 4 is 5.91 Å². The monoisotopic (exact) mass is 408 g/mol. The van der Waals surface area contributed by atoms with E-state index in [9.17, 15) is 14.4 Å². The predicted molar refractivity (Wildman–Crippen MR) is 113 cm³/mol. The first-order valence-corrected chi connectivity index (χ1v) is 9.97. The van der Waals surface area contributed by atoms with Crippen molar-refractivity contribution < 1.29 is 4.79 Å². The molecule has 156 valence electrons. The molecule has 0 saturated carbocycles. The maximum atomic E-state index is 12.7. The van der Waals surface area contributed by atoms with Crippen molar-refractivity contribution in [2.24, 2.45) is 0 Å². The topological polar surface area (TPSA) is 116 Å². The second kappa shape index (κ2) is 8.50. The minimum Gasteiger partial charge on any atom is -0.352 e. The number of likely N-dealkylation sites (tertiary alicyclic amines) is 1. The third-order valence-corrected chi connectivity index (χ3v) is 5.53. The third-order valence-electron chi connectivity index (χ3n) is 5.53. The Morgan fingerprint density at radius 3 is 2.87 bits per heavy atom. The van der Waals surface area contributed by atoms with Crippen molar-refractivity contribution in [3.05, 3.63) is 69.1 Å². The first-order valence-electron chi connectivity index (χ1n) is 9.97. The molecule has 3 N–H and O–H groups in total. The summed E-state index contributed by atoms with van der Waals surface area (Å²) in [6.07, 6.45) is 7.78. The highest BCUT2D eigenvalue weighted by Gasteiger charge is 2.20. The van der Waals surface area contributed by atoms with Gasteiger partial charge in [0, 0.05) is 37.2 Å². The Hall–Kier alpha value is -3.46. The number of pyridine rings is 2. The molecule has 4 heterocycles. The van der Waals surface area contributed by atoms with Crippen LogP contribution in [0.5, 0.6) is 0 Å². The largest absolute Gasteiger partial charge is 0.352 e. The second-order valence-corrected chi connectivity index (χ2v) is 7.50. The molecule has 1 unspecified atom stereocenters. The molecule has 0 bridgehead atoms. The van der Waals surface area contributed by atoms with E-state index in [1.807, 2.05) is 0 Å². The molecule has 3 aromatic rings. The molecule has 3 aromatic heterocycles. The van der Waals surface area contributed by atoms with Crippen LogP contribution in [0.4, 0.5) is 0 Å². The van der Waals surface area contributed by atoms with Crippen LogP contribution in [0.3, 0.4) is 0 Å². The van der Waals surface area contributed by atoms with E-state index in [0.717, 1.165) is 13.0 Å². The van der Waals surface area contributed by atoms with Gasteiger partial charge in [-0.25, -0.2) is 9.67 Å². The summed E-state index contributed by atoms with van der Waals surface area (Å²) in [6, 6.07) is 6.79. The summed E-state index contributed by atoms with van der Waals surface area (Å²) in [5.41, 5.74) is 0.705. The summed E-state index contributed by atoms with van der Waals surface area (Å²) in [6.45, 7) is 1.73. The molecule has 0 aromatic carbocycles. The van der Waals surface area contributed by atoms with Crippen LogP contribution in [0.15, 0.2) is 52.4 Å². The average Bonchev–Trinajstić information content (AvgIpc) is 3.33. The molecule has 9 nitrogen and oxygen atoms in total. The standard InChI is InChI=1S/C21H24N6O3/c1-26-10-2-3-16(26)7-9-23-20(29)15-4-5-18(24-12-15)27-21(30)17(13-25-27)14-6-8-22-19(28)11-14/h4-6,8,11-13,16,25H,2-3,7,9-10H2,1H3,(H,22,28)(H,23,29). The fourth-order valence-electron chi connectivity index (χ4n) is 3.81. The third kappa shape index (κ3) is 4.11. The van der Waals surface area contributed by atoms with Crippen molar-refractivity contribution in [3.8, 4) is 16.9 Å². The summed E-state index contributed by atoms with van der Waals surface area (Å²) in [4.78, 5) is 45.6. The predicted octanol–water partition coefficient (Wildman–Crippen LogP) is 1.13. The maximum Gasteiger partial charge on any atom is 0.280 e. The van der Waals surface area contributed by atoms with E-state index in [1.54, 1.807) is 18.2 Å². The molecule has 0 aliphatic carbocycles. The van der Waals surface area contributed by atoms with Crippen LogP contribution in [0, 0.1) is 0 Å². The van der Waals surface area contributed by atoms with Gasteiger partial charge in [0.1, 0.15) is 0 Å². The Morgan fingerprint density at radius 2 is 2.17 bits per heavy atom. The van der Waals surface area contributed by atoms with Gasteiger partial charge in [-0.15, -0.1) is 0 Å². The first kappa shape index (κ1) is 19.8. The first-order chi connectivity index (χ1) is 14.5. The smallest absolute Gasteiger partial charge is 0.280 e. The van der Waals surface area contributed by atoms with Gasteiger partial charge in [-0.1, -0.05) is 0 Å². The Morgan fingerprint density at radius 1 is 1.30 bits per heavy atom. The average molecular weight is 408 g/mol. The Balaban J connectivity index is 1.43. The van der Waals surface area contributed by atoms with Crippen molar-refractivity contribution in [1.29, 1.82) is 0 Å². The lowest BCUT2D eigenvalue weighted by molar-refractivity contribution is 0.0950. The van der Waals surface area contributed by atoms with E-state index < -0.39 is 0 Å². The summed E-state index contributed by atoms with van der Waals surface area (Å²) < 4.78 is 1.27. The molecular weight excluding hydrogens is 384 g/mol. The number of hydrogen-bond donors (Lipinski definition) is 3. The molecular formula is C21H24N6O3. The number of carbonyl (C=O) groups excluding carboxylic acids is 1. The quantitative estimate of drug-likeness (QED) is 0.565. The van der Waals surface area contributed by atoms with Crippen molar-refractivity contribution in [1.82, 2.24) is 30.0 Å². The molecule has 0 radical (unpaired) electrons. The van der Waals surface area contributed by atoms with E-state index in [2.05, 4.69) is 32.3 Å². The fraction of sp³-hybridized carbons (Fsp3) is 0.333. The zero-order valence-corrected chi connectivity index (χ0v) is 16.7. The molecule has 1 aliphatic heterocycles. The van der Waals surface area contributed by atoms with Crippen LogP contribution in [-0.2, 0) is 0 Å². The molecule has 1 fully saturated rings. The van der Waals surface area contributed by atoms with Crippen molar-refractivity contribution in [2.45, 2.75) is 25.3 Å². The molecule has 1 saturated heterocycles. The minimum absolute atomic E-state index is 0.183. The highest BCUT2D eigenvalue weighted by Crippen LogP contribution is 2.17. The van der Waals surface area contributed by atoms with E-state index in [4.69, 9.17) is 0 Å². The van der Waals surface area contributed by atoms with Gasteiger partial charge >= 0.3 is 0 Å². The SMILES string of the molecule is CN1CCCC1CCNC(=O)c1ccc(-n2[nH]cc(-c3cc[nH]c(=O)c3)c2=O)nc1. The Bertz CT molecular complexity index is 1140. The number of nitrogens with zero attached hydrogens (tertiary/aromatic N) is 3. The van der Waals surface area contributed by atoms with Crippen LogP contribution in [0.25, 0.3) is 16.9 Å². The van der Waals surface area contributed by atoms with Crippen LogP contribution in [0.2, 0.25) is 0 Å². The Labute approximate surface area is 172 Å². The number of amides is 1. The van der Waals surface area contributed by atoms with Crippen LogP contribution in [-0.4, -0.2) is 56.7 Å². The van der Waals surface area contributed by atoms with E-state index in [0.29, 0.717) is 35.1 Å². The normalized spacial score (nSPS) is 16.6. The van der Waals surface area contributed by atoms with Crippen molar-refractivity contribution in [3.63, 3.8) is 0 Å². The van der Waals surface area contributed by atoms with Gasteiger partial charge in [-0.05, 0) is 56.6 Å². The lowest BCUT2D eigenvalue weighted by Gasteiger charge is -2.19. The molecule has 30 heavy (non-hydrogen) atoms. The van der Waals surface area contributed by atoms with Gasteiger partial charge in [0.05, 0.1) is 11.1 Å². The summed E-state index contributed by atoms with van der Waals surface area (Å²) in [5.74, 6) is 0.179. The zero-order valence-electron chi connectivity index (χ0n) is 16.7. The van der Waals surface area contributed by atoms with E-state index in [1.165, 1.54) is 42.2 Å². The number of rotatable bonds is 6. The molecule has 4 rings (SSSR count). The van der Waals surface area contributed by atoms with Crippen LogP contribution in [0.1, 0.15) is 29.6 Å². The number of aromatic amines is 2. The number of aromatic nitrogens is 4. The number of carbonyl (C=O) groups is 1.